The molecule has 0 N–H and O–H groups in total. The van der Waals surface area contributed by atoms with Crippen LogP contribution in [0.2, 0.25) is 0 Å². The van der Waals surface area contributed by atoms with Gasteiger partial charge in [0.15, 0.2) is 0 Å². The fourth-order valence-corrected chi connectivity index (χ4v) is 2.06. The molecule has 0 spiro atoms. The molecule has 0 bridgehead atoms. The summed E-state index contributed by atoms with van der Waals surface area (Å²) in [7, 11) is 0. The standard InChI is InChI=1S/2C10H8N2.O2S/c2*1-3-7-11-9(5-1)10-6-2-4-8-12-10;1-3-2/h2*1-8H;. The van der Waals surface area contributed by atoms with Gasteiger partial charge in [-0.3, -0.25) is 19.9 Å². The topological polar surface area (TPSA) is 85.7 Å². The minimum atomic E-state index is -0.750. The summed E-state index contributed by atoms with van der Waals surface area (Å²) in [4.78, 5) is 16.7. The molecule has 27 heavy (non-hydrogen) atoms. The third-order valence-corrected chi connectivity index (χ3v) is 3.18. The number of rotatable bonds is 2. The highest BCUT2D eigenvalue weighted by Gasteiger charge is 1.96. The molecule has 0 amide bonds. The zero-order valence-corrected chi connectivity index (χ0v) is 15.1. The Morgan fingerprint density at radius 2 is 0.667 bits per heavy atom. The maximum atomic E-state index is 8.29. The third kappa shape index (κ3) is 7.05. The summed E-state index contributed by atoms with van der Waals surface area (Å²) in [5.74, 6) is 0. The Balaban J connectivity index is 0.000000170. The van der Waals surface area contributed by atoms with Crippen molar-refractivity contribution in [2.45, 2.75) is 0 Å². The van der Waals surface area contributed by atoms with Gasteiger partial charge in [0, 0.05) is 24.8 Å². The van der Waals surface area contributed by atoms with Crippen LogP contribution in [0.25, 0.3) is 22.8 Å². The molecule has 0 aromatic carbocycles. The fraction of sp³-hybridized carbons (Fsp3) is 0. The lowest BCUT2D eigenvalue weighted by Crippen LogP contribution is -1.83. The van der Waals surface area contributed by atoms with E-state index in [1.807, 2.05) is 72.8 Å². The molecule has 7 heteroatoms. The van der Waals surface area contributed by atoms with Crippen molar-refractivity contribution in [2.75, 3.05) is 0 Å². The summed E-state index contributed by atoms with van der Waals surface area (Å²) in [6.45, 7) is 0. The Morgan fingerprint density at radius 1 is 0.444 bits per heavy atom. The van der Waals surface area contributed by atoms with Gasteiger partial charge >= 0.3 is 11.6 Å². The van der Waals surface area contributed by atoms with E-state index in [0.717, 1.165) is 22.8 Å². The van der Waals surface area contributed by atoms with Crippen molar-refractivity contribution in [3.05, 3.63) is 97.6 Å². The lowest BCUT2D eigenvalue weighted by atomic mass is 10.2. The van der Waals surface area contributed by atoms with Crippen molar-refractivity contribution in [2.24, 2.45) is 0 Å². The Kier molecular flexibility index (Phi) is 8.69. The Hall–Kier alpha value is -3.58. The lowest BCUT2D eigenvalue weighted by molar-refractivity contribution is 0.630. The number of hydrogen-bond donors (Lipinski definition) is 0. The van der Waals surface area contributed by atoms with E-state index in [2.05, 4.69) is 19.9 Å². The Morgan fingerprint density at radius 3 is 0.815 bits per heavy atom. The van der Waals surface area contributed by atoms with Crippen molar-refractivity contribution < 1.29 is 8.42 Å². The molecular formula is C20H16N4O2S. The predicted octanol–water partition coefficient (Wildman–Crippen LogP) is 3.62. The first-order chi connectivity index (χ1) is 13.3. The molecule has 4 aromatic heterocycles. The van der Waals surface area contributed by atoms with Gasteiger partial charge in [0.25, 0.3) is 0 Å². The van der Waals surface area contributed by atoms with Crippen molar-refractivity contribution in [3.8, 4) is 22.8 Å². The van der Waals surface area contributed by atoms with Crippen LogP contribution in [-0.4, -0.2) is 28.4 Å². The molecule has 0 saturated carbocycles. The minimum absolute atomic E-state index is 0.750. The van der Waals surface area contributed by atoms with E-state index in [4.69, 9.17) is 8.42 Å². The molecule has 0 saturated heterocycles. The SMILES string of the molecule is O=S=O.c1ccc(-c2ccccn2)nc1.c1ccc(-c2ccccn2)nc1. The molecule has 134 valence electrons. The van der Waals surface area contributed by atoms with Gasteiger partial charge in [-0.15, -0.1) is 0 Å². The smallest absolute Gasteiger partial charge is 0.255 e. The fourth-order valence-electron chi connectivity index (χ4n) is 2.06. The van der Waals surface area contributed by atoms with E-state index in [-0.39, 0.29) is 0 Å². The van der Waals surface area contributed by atoms with Crippen LogP contribution in [-0.2, 0) is 11.6 Å². The molecule has 4 aromatic rings. The van der Waals surface area contributed by atoms with Gasteiger partial charge in [0.1, 0.15) is 0 Å². The van der Waals surface area contributed by atoms with Gasteiger partial charge in [0.2, 0.25) is 0 Å². The van der Waals surface area contributed by atoms with Gasteiger partial charge in [0.05, 0.1) is 22.8 Å². The minimum Gasteiger partial charge on any atom is -0.255 e. The zero-order chi connectivity index (χ0) is 19.2. The maximum Gasteiger partial charge on any atom is 0.335 e. The summed E-state index contributed by atoms with van der Waals surface area (Å²) in [5.41, 5.74) is 3.66. The highest BCUT2D eigenvalue weighted by Crippen LogP contribution is 2.11. The summed E-state index contributed by atoms with van der Waals surface area (Å²) in [5, 5.41) is 0. The molecule has 4 rings (SSSR count). The Bertz CT molecular complexity index is 785. The number of pyridine rings is 4. The van der Waals surface area contributed by atoms with Crippen LogP contribution in [0.15, 0.2) is 97.6 Å². The molecule has 0 radical (unpaired) electrons. The van der Waals surface area contributed by atoms with Crippen LogP contribution in [0.4, 0.5) is 0 Å². The first kappa shape index (κ1) is 19.7. The average Bonchev–Trinajstić information content (AvgIpc) is 2.77. The van der Waals surface area contributed by atoms with Crippen LogP contribution in [0.5, 0.6) is 0 Å². The zero-order valence-electron chi connectivity index (χ0n) is 14.3. The molecule has 0 aliphatic carbocycles. The van der Waals surface area contributed by atoms with Crippen molar-refractivity contribution in [1.82, 2.24) is 19.9 Å². The molecule has 0 unspecified atom stereocenters. The Labute approximate surface area is 160 Å². The highest BCUT2D eigenvalue weighted by atomic mass is 32.1. The summed E-state index contributed by atoms with van der Waals surface area (Å²) >= 11 is -0.750. The van der Waals surface area contributed by atoms with Gasteiger partial charge in [-0.25, -0.2) is 0 Å². The monoisotopic (exact) mass is 376 g/mol. The summed E-state index contributed by atoms with van der Waals surface area (Å²) < 4.78 is 16.6. The third-order valence-electron chi connectivity index (χ3n) is 3.18. The summed E-state index contributed by atoms with van der Waals surface area (Å²) in [6, 6.07) is 23.2. The molecule has 4 heterocycles. The normalized spacial score (nSPS) is 9.04. The lowest BCUT2D eigenvalue weighted by Gasteiger charge is -1.96. The second-order valence-corrected chi connectivity index (χ2v) is 5.06. The van der Waals surface area contributed by atoms with Gasteiger partial charge in [-0.05, 0) is 48.5 Å². The quantitative estimate of drug-likeness (QED) is 0.531. The number of nitrogens with zero attached hydrogens (tertiary/aromatic N) is 4. The van der Waals surface area contributed by atoms with Crippen LogP contribution in [0.3, 0.4) is 0 Å². The molecule has 6 nitrogen and oxygen atoms in total. The van der Waals surface area contributed by atoms with Gasteiger partial charge in [-0.2, -0.15) is 8.42 Å². The molecule has 0 aliphatic heterocycles. The molecule has 0 atom stereocenters. The van der Waals surface area contributed by atoms with Crippen molar-refractivity contribution >= 4 is 11.6 Å². The second-order valence-electron chi connectivity index (χ2n) is 4.93. The largest absolute Gasteiger partial charge is 0.335 e. The molecular weight excluding hydrogens is 360 g/mol. The van der Waals surface area contributed by atoms with Gasteiger partial charge in [-0.1, -0.05) is 24.3 Å². The van der Waals surface area contributed by atoms with E-state index in [1.165, 1.54) is 0 Å². The predicted molar refractivity (Wildman–Crippen MR) is 104 cm³/mol. The first-order valence-electron chi connectivity index (χ1n) is 7.92. The highest BCUT2D eigenvalue weighted by molar-refractivity contribution is 7.51. The first-order valence-corrected chi connectivity index (χ1v) is 8.58. The van der Waals surface area contributed by atoms with Crippen LogP contribution >= 0.6 is 0 Å². The van der Waals surface area contributed by atoms with E-state index < -0.39 is 11.6 Å². The molecule has 0 fully saturated rings. The summed E-state index contributed by atoms with van der Waals surface area (Å²) in [6.07, 6.45) is 7.07. The second kappa shape index (κ2) is 11.9. The van der Waals surface area contributed by atoms with Crippen molar-refractivity contribution in [1.29, 1.82) is 0 Å². The van der Waals surface area contributed by atoms with Crippen molar-refractivity contribution in [3.63, 3.8) is 0 Å². The number of hydrogen-bond acceptors (Lipinski definition) is 6. The van der Waals surface area contributed by atoms with E-state index in [0.29, 0.717) is 0 Å². The molecule has 0 aliphatic rings. The van der Waals surface area contributed by atoms with E-state index in [9.17, 15) is 0 Å². The van der Waals surface area contributed by atoms with Gasteiger partial charge < -0.3 is 0 Å². The average molecular weight is 376 g/mol. The van der Waals surface area contributed by atoms with E-state index in [1.54, 1.807) is 24.8 Å². The van der Waals surface area contributed by atoms with Crippen LogP contribution in [0.1, 0.15) is 0 Å². The number of aromatic nitrogens is 4. The van der Waals surface area contributed by atoms with E-state index >= 15 is 0 Å². The van der Waals surface area contributed by atoms with Crippen LogP contribution < -0.4 is 0 Å². The maximum absolute atomic E-state index is 8.29. The van der Waals surface area contributed by atoms with Crippen LogP contribution in [0, 0.1) is 0 Å².